The molecule has 0 aromatic heterocycles. The molecule has 1 heterocycles. The number of rotatable bonds is 3. The van der Waals surface area contributed by atoms with E-state index in [2.05, 4.69) is 4.74 Å². The summed E-state index contributed by atoms with van der Waals surface area (Å²) in [6.45, 7) is 6.29. The number of quaternary nitrogens is 1. The van der Waals surface area contributed by atoms with Gasteiger partial charge in [-0.2, -0.15) is 0 Å². The first-order valence-electron chi connectivity index (χ1n) is 6.54. The average Bonchev–Trinajstić information content (AvgIpc) is 2.38. The van der Waals surface area contributed by atoms with Crippen LogP contribution in [-0.2, 0) is 4.74 Å². The van der Waals surface area contributed by atoms with Crippen LogP contribution >= 0.6 is 9.35 Å². The molecule has 0 saturated carbocycles. The van der Waals surface area contributed by atoms with Gasteiger partial charge in [-0.25, -0.2) is 4.79 Å². The highest BCUT2D eigenvalue weighted by molar-refractivity contribution is 8.45. The van der Waals surface area contributed by atoms with E-state index in [9.17, 15) is 15.2 Å². The lowest BCUT2D eigenvalue weighted by Crippen LogP contribution is -2.69. The van der Waals surface area contributed by atoms with Gasteiger partial charge in [0.25, 0.3) is 0 Å². The molecule has 1 aliphatic rings. The maximum atomic E-state index is 11.7. The molecule has 1 rings (SSSR count). The van der Waals surface area contributed by atoms with Gasteiger partial charge in [-0.15, -0.1) is 19.8 Å². The Hall–Kier alpha value is -0.500. The third kappa shape index (κ3) is 1.72. The van der Waals surface area contributed by atoms with Crippen LogP contribution in [0.2, 0.25) is 0 Å². The molecule has 0 spiro atoms. The zero-order chi connectivity index (χ0) is 14.1. The van der Waals surface area contributed by atoms with Gasteiger partial charge in [0.2, 0.25) is 0 Å². The van der Waals surface area contributed by atoms with Crippen molar-refractivity contribution in [3.05, 3.63) is 0 Å². The molecule has 1 aliphatic heterocycles. The van der Waals surface area contributed by atoms with E-state index < -0.39 is 19.8 Å². The normalized spacial score (nSPS) is 27.0. The standard InChI is InChI=1S/C11H27N2O4S/c1-5-18(6-2,7-3)10-8-9-12(11(14)17-4)13(18,15)16/h15-16,18H,5-10H2,1-4H3/q+1. The molecule has 0 radical (unpaired) electrons. The van der Waals surface area contributed by atoms with Gasteiger partial charge >= 0.3 is 6.09 Å². The Kier molecular flexibility index (Phi) is 4.22. The van der Waals surface area contributed by atoms with Crippen molar-refractivity contribution < 1.29 is 24.3 Å². The molecule has 0 aromatic rings. The van der Waals surface area contributed by atoms with E-state index in [1.54, 1.807) is 0 Å². The maximum absolute atomic E-state index is 11.7. The molecule has 0 atom stereocenters. The molecule has 110 valence electrons. The fourth-order valence-corrected chi connectivity index (χ4v) is 8.64. The lowest BCUT2D eigenvalue weighted by molar-refractivity contribution is -1.23. The molecule has 6 nitrogen and oxygen atoms in total. The van der Waals surface area contributed by atoms with Crippen molar-refractivity contribution in [1.82, 2.24) is 5.01 Å². The lowest BCUT2D eigenvalue weighted by Gasteiger charge is -2.67. The largest absolute Gasteiger partial charge is 0.460 e. The van der Waals surface area contributed by atoms with Crippen LogP contribution in [0, 0.1) is 0 Å². The SMILES string of the molecule is CC[SH]1(CC)(CC)CCCN(C(=O)OC)[N+]1(O)O. The molecular formula is C11H27N2O4S+. The second-order valence-corrected chi connectivity index (χ2v) is 11.8. The summed E-state index contributed by atoms with van der Waals surface area (Å²) < 4.78 is 3.41. The minimum atomic E-state index is -2.84. The first-order valence-corrected chi connectivity index (χ1v) is 9.47. The molecule has 7 heteroatoms. The Bertz CT molecular complexity index is 320. The summed E-state index contributed by atoms with van der Waals surface area (Å²) in [4.78, 5) is 11.7. The van der Waals surface area contributed by atoms with Gasteiger partial charge < -0.3 is 4.74 Å². The highest BCUT2D eigenvalue weighted by Gasteiger charge is 2.62. The molecule has 1 saturated heterocycles. The predicted molar refractivity (Wildman–Crippen MR) is 73.0 cm³/mol. The van der Waals surface area contributed by atoms with E-state index in [0.29, 0.717) is 23.8 Å². The summed E-state index contributed by atoms with van der Waals surface area (Å²) in [5.41, 5.74) is 0. The quantitative estimate of drug-likeness (QED) is 0.547. The van der Waals surface area contributed by atoms with Crippen molar-refractivity contribution in [2.45, 2.75) is 27.2 Å². The van der Waals surface area contributed by atoms with Crippen molar-refractivity contribution in [3.63, 3.8) is 0 Å². The van der Waals surface area contributed by atoms with Crippen molar-refractivity contribution in [2.75, 3.05) is 36.7 Å². The number of amides is 1. The van der Waals surface area contributed by atoms with E-state index in [-0.39, 0.29) is 0 Å². The van der Waals surface area contributed by atoms with Crippen molar-refractivity contribution in [3.8, 4) is 0 Å². The fraction of sp³-hybridized carbons (Fsp3) is 0.909. The number of thiol groups is 1. The predicted octanol–water partition coefficient (Wildman–Crippen LogP) is 2.02. The van der Waals surface area contributed by atoms with Gasteiger partial charge in [-0.1, -0.05) is 25.8 Å². The molecular weight excluding hydrogens is 256 g/mol. The minimum Gasteiger partial charge on any atom is -0.449 e. The van der Waals surface area contributed by atoms with Gasteiger partial charge in [-0.05, 0) is 6.42 Å². The summed E-state index contributed by atoms with van der Waals surface area (Å²) >= 11 is 0. The monoisotopic (exact) mass is 283 g/mol. The molecule has 0 aliphatic carbocycles. The van der Waals surface area contributed by atoms with Gasteiger partial charge in [0.05, 0.1) is 18.0 Å². The first kappa shape index (κ1) is 15.6. The van der Waals surface area contributed by atoms with Crippen LogP contribution in [0.4, 0.5) is 4.79 Å². The number of ether oxygens (including phenoxy) is 1. The van der Waals surface area contributed by atoms with Crippen molar-refractivity contribution >= 4 is 15.4 Å². The Morgan fingerprint density at radius 3 is 2.17 bits per heavy atom. The number of carbonyl (C=O) groups excluding carboxylic acids is 1. The van der Waals surface area contributed by atoms with Crippen LogP contribution in [-0.4, -0.2) is 62.5 Å². The van der Waals surface area contributed by atoms with E-state index in [1.165, 1.54) is 7.11 Å². The summed E-state index contributed by atoms with van der Waals surface area (Å²) in [7, 11) is -1.58. The smallest absolute Gasteiger partial charge is 0.449 e. The fourth-order valence-electron chi connectivity index (χ4n) is 3.22. The Morgan fingerprint density at radius 1 is 1.28 bits per heavy atom. The van der Waals surface area contributed by atoms with Crippen LogP contribution in [0.5, 0.6) is 0 Å². The lowest BCUT2D eigenvalue weighted by atomic mass is 10.5. The maximum Gasteiger partial charge on any atom is 0.460 e. The third-order valence-corrected chi connectivity index (χ3v) is 13.1. The van der Waals surface area contributed by atoms with Crippen molar-refractivity contribution in [1.29, 1.82) is 0 Å². The van der Waals surface area contributed by atoms with Crippen LogP contribution < -0.4 is 0 Å². The van der Waals surface area contributed by atoms with Crippen LogP contribution in [0.25, 0.3) is 0 Å². The topological polar surface area (TPSA) is 70.0 Å². The van der Waals surface area contributed by atoms with Gasteiger partial charge in [0, 0.05) is 23.0 Å². The molecule has 1 amide bonds. The zero-order valence-electron chi connectivity index (χ0n) is 11.8. The number of methoxy groups -OCH3 is 1. The number of hydrogen-bond acceptors (Lipinski definition) is 4. The molecule has 1 fully saturated rings. The van der Waals surface area contributed by atoms with Crippen LogP contribution in [0.3, 0.4) is 0 Å². The van der Waals surface area contributed by atoms with E-state index in [4.69, 9.17) is 0 Å². The minimum absolute atomic E-state index is 0.317. The number of hydrogen-bond donors (Lipinski definition) is 3. The summed E-state index contributed by atoms with van der Waals surface area (Å²) in [6.07, 6.45) is 0.118. The summed E-state index contributed by atoms with van der Waals surface area (Å²) in [5.74, 6) is 2.92. The Morgan fingerprint density at radius 2 is 1.78 bits per heavy atom. The summed E-state index contributed by atoms with van der Waals surface area (Å²) in [6, 6.07) is 0. The molecule has 2 N–H and O–H groups in total. The van der Waals surface area contributed by atoms with E-state index in [0.717, 1.165) is 17.2 Å². The molecule has 0 unspecified atom stereocenters. The second-order valence-electron chi connectivity index (χ2n) is 5.06. The van der Waals surface area contributed by atoms with Crippen LogP contribution in [0.1, 0.15) is 27.2 Å². The Labute approximate surface area is 109 Å². The zero-order valence-corrected chi connectivity index (χ0v) is 12.7. The first-order chi connectivity index (χ1) is 8.33. The average molecular weight is 283 g/mol. The van der Waals surface area contributed by atoms with Gasteiger partial charge in [0.15, 0.2) is 0 Å². The molecule has 0 bridgehead atoms. The molecule has 0 aromatic carbocycles. The number of nitrogens with zero attached hydrogens (tertiary/aromatic N) is 2. The van der Waals surface area contributed by atoms with Crippen LogP contribution in [0.15, 0.2) is 0 Å². The highest BCUT2D eigenvalue weighted by atomic mass is 32.3. The highest BCUT2D eigenvalue weighted by Crippen LogP contribution is 2.75. The second kappa shape index (κ2) is 4.88. The third-order valence-electron chi connectivity index (χ3n) is 5.01. The number of carbonyl (C=O) groups is 1. The Balaban J connectivity index is 3.32. The van der Waals surface area contributed by atoms with Gasteiger partial charge in [-0.3, -0.25) is 0 Å². The summed E-state index contributed by atoms with van der Waals surface area (Å²) in [5, 5.41) is 22.4. The van der Waals surface area contributed by atoms with E-state index >= 15 is 0 Å². The van der Waals surface area contributed by atoms with E-state index in [1.807, 2.05) is 20.8 Å². The molecule has 18 heavy (non-hydrogen) atoms. The van der Waals surface area contributed by atoms with Crippen molar-refractivity contribution in [2.24, 2.45) is 0 Å². The van der Waals surface area contributed by atoms with Gasteiger partial charge in [0.1, 0.15) is 0 Å².